The highest BCUT2D eigenvalue weighted by atomic mass is 79.9. The number of nitrogens with one attached hydrogen (secondary N) is 2. The molecule has 7 heteroatoms. The molecule has 1 atom stereocenters. The molecule has 0 aliphatic carbocycles. The topological polar surface area (TPSA) is 58.2 Å². The Hall–Kier alpha value is -3.94. The maximum absolute atomic E-state index is 14.4. The summed E-state index contributed by atoms with van der Waals surface area (Å²) < 4.78 is 15.0. The predicted molar refractivity (Wildman–Crippen MR) is 156 cm³/mol. The van der Waals surface area contributed by atoms with E-state index in [1.165, 1.54) is 23.9 Å². The molecule has 0 bridgehead atoms. The molecule has 5 aromatic carbocycles. The molecule has 0 aromatic heterocycles. The molecular weight excluding hydrogens is 563 g/mol. The van der Waals surface area contributed by atoms with Gasteiger partial charge < -0.3 is 10.6 Å². The van der Waals surface area contributed by atoms with E-state index in [1.807, 2.05) is 84.9 Å². The van der Waals surface area contributed by atoms with E-state index in [4.69, 9.17) is 0 Å². The fourth-order valence-electron chi connectivity index (χ4n) is 4.01. The number of benzene rings is 5. The van der Waals surface area contributed by atoms with Crippen LogP contribution in [0.4, 0.5) is 15.8 Å². The van der Waals surface area contributed by atoms with Gasteiger partial charge in [0.2, 0.25) is 5.91 Å². The summed E-state index contributed by atoms with van der Waals surface area (Å²) in [5, 5.41) is 7.07. The number of carbonyl (C=O) groups is 2. The summed E-state index contributed by atoms with van der Waals surface area (Å²) in [6.07, 6.45) is 0. The quantitative estimate of drug-likeness (QED) is 0.189. The monoisotopic (exact) mass is 584 g/mol. The van der Waals surface area contributed by atoms with Gasteiger partial charge in [0, 0.05) is 20.6 Å². The second-order valence-electron chi connectivity index (χ2n) is 8.57. The number of halogens is 2. The Labute approximate surface area is 232 Å². The van der Waals surface area contributed by atoms with Gasteiger partial charge in [-0.05, 0) is 64.9 Å². The van der Waals surface area contributed by atoms with Crippen LogP contribution < -0.4 is 10.6 Å². The molecular formula is C31H22BrFN2O2S. The molecule has 2 amide bonds. The third-order valence-electron chi connectivity index (χ3n) is 5.89. The standard InChI is InChI=1S/C31H22BrFN2O2S/c32-24-15-16-28(27(33)18-24)35-31(37)29(21-8-2-1-3-9-21)38-26-12-6-11-25(19-26)34-30(36)23-14-13-20-7-4-5-10-22(20)17-23/h1-19,29H,(H,34,36)(H,35,37). The third-order valence-corrected chi connectivity index (χ3v) is 7.63. The number of hydrogen-bond donors (Lipinski definition) is 2. The van der Waals surface area contributed by atoms with Crippen LogP contribution >= 0.6 is 27.7 Å². The number of amides is 2. The van der Waals surface area contributed by atoms with Crippen LogP contribution in [-0.2, 0) is 4.79 Å². The molecule has 0 aliphatic heterocycles. The van der Waals surface area contributed by atoms with Crippen molar-refractivity contribution in [3.8, 4) is 0 Å². The molecule has 0 fully saturated rings. The highest BCUT2D eigenvalue weighted by molar-refractivity contribution is 9.10. The van der Waals surface area contributed by atoms with E-state index in [1.54, 1.807) is 18.2 Å². The Kier molecular flexibility index (Phi) is 7.86. The van der Waals surface area contributed by atoms with E-state index < -0.39 is 11.1 Å². The highest BCUT2D eigenvalue weighted by Gasteiger charge is 2.23. The number of rotatable bonds is 7. The van der Waals surface area contributed by atoms with Gasteiger partial charge in [-0.3, -0.25) is 9.59 Å². The second-order valence-corrected chi connectivity index (χ2v) is 10.7. The van der Waals surface area contributed by atoms with E-state index in [9.17, 15) is 14.0 Å². The predicted octanol–water partition coefficient (Wildman–Crippen LogP) is 8.47. The average molecular weight is 585 g/mol. The van der Waals surface area contributed by atoms with Crippen LogP contribution in [0.25, 0.3) is 10.8 Å². The van der Waals surface area contributed by atoms with Crippen LogP contribution in [0.5, 0.6) is 0 Å². The van der Waals surface area contributed by atoms with Crippen LogP contribution in [0.1, 0.15) is 21.2 Å². The number of carbonyl (C=O) groups excluding carboxylic acids is 2. The van der Waals surface area contributed by atoms with Gasteiger partial charge in [0.15, 0.2) is 0 Å². The zero-order chi connectivity index (χ0) is 26.5. The van der Waals surface area contributed by atoms with Crippen LogP contribution in [0.15, 0.2) is 125 Å². The Bertz CT molecular complexity index is 1630. The summed E-state index contributed by atoms with van der Waals surface area (Å²) in [6, 6.07) is 34.6. The lowest BCUT2D eigenvalue weighted by Gasteiger charge is -2.18. The van der Waals surface area contributed by atoms with Crippen molar-refractivity contribution in [2.24, 2.45) is 0 Å². The summed E-state index contributed by atoms with van der Waals surface area (Å²) >= 11 is 4.56. The lowest BCUT2D eigenvalue weighted by atomic mass is 10.1. The molecule has 5 rings (SSSR count). The Balaban J connectivity index is 1.36. The first-order valence-corrected chi connectivity index (χ1v) is 13.5. The summed E-state index contributed by atoms with van der Waals surface area (Å²) in [5.41, 5.74) is 2.05. The largest absolute Gasteiger partial charge is 0.322 e. The number of fused-ring (bicyclic) bond motifs is 1. The van der Waals surface area contributed by atoms with E-state index in [2.05, 4.69) is 26.6 Å². The molecule has 38 heavy (non-hydrogen) atoms. The van der Waals surface area contributed by atoms with Gasteiger partial charge in [-0.1, -0.05) is 82.7 Å². The van der Waals surface area contributed by atoms with E-state index in [-0.39, 0.29) is 17.5 Å². The first-order valence-electron chi connectivity index (χ1n) is 11.8. The number of hydrogen-bond acceptors (Lipinski definition) is 3. The van der Waals surface area contributed by atoms with Gasteiger partial charge in [-0.15, -0.1) is 11.8 Å². The Morgan fingerprint density at radius 1 is 0.737 bits per heavy atom. The van der Waals surface area contributed by atoms with Crippen molar-refractivity contribution in [2.75, 3.05) is 10.6 Å². The van der Waals surface area contributed by atoms with E-state index in [0.717, 1.165) is 21.2 Å². The van der Waals surface area contributed by atoms with Gasteiger partial charge in [0.1, 0.15) is 11.1 Å². The first-order chi connectivity index (χ1) is 18.5. The lowest BCUT2D eigenvalue weighted by molar-refractivity contribution is -0.115. The molecule has 0 saturated heterocycles. The van der Waals surface area contributed by atoms with Crippen molar-refractivity contribution < 1.29 is 14.0 Å². The molecule has 4 nitrogen and oxygen atoms in total. The Morgan fingerprint density at radius 2 is 1.50 bits per heavy atom. The van der Waals surface area contributed by atoms with Crippen molar-refractivity contribution in [1.82, 2.24) is 0 Å². The van der Waals surface area contributed by atoms with Gasteiger partial charge in [0.05, 0.1) is 5.69 Å². The fraction of sp³-hybridized carbons (Fsp3) is 0.0323. The van der Waals surface area contributed by atoms with Crippen molar-refractivity contribution in [3.63, 3.8) is 0 Å². The zero-order valence-electron chi connectivity index (χ0n) is 20.0. The SMILES string of the molecule is O=C(Nc1cccc(SC(C(=O)Nc2ccc(Br)cc2F)c2ccccc2)c1)c1ccc2ccccc2c1. The zero-order valence-corrected chi connectivity index (χ0v) is 22.4. The minimum atomic E-state index is -0.648. The smallest absolute Gasteiger partial charge is 0.255 e. The van der Waals surface area contributed by atoms with Crippen LogP contribution in [0.3, 0.4) is 0 Å². The van der Waals surface area contributed by atoms with Gasteiger partial charge >= 0.3 is 0 Å². The van der Waals surface area contributed by atoms with Crippen molar-refractivity contribution in [2.45, 2.75) is 10.1 Å². The number of anilines is 2. The average Bonchev–Trinajstić information content (AvgIpc) is 2.93. The Morgan fingerprint density at radius 3 is 2.29 bits per heavy atom. The molecule has 0 radical (unpaired) electrons. The molecule has 2 N–H and O–H groups in total. The van der Waals surface area contributed by atoms with Crippen molar-refractivity contribution in [3.05, 3.63) is 137 Å². The van der Waals surface area contributed by atoms with E-state index >= 15 is 0 Å². The van der Waals surface area contributed by atoms with Crippen LogP contribution in [-0.4, -0.2) is 11.8 Å². The molecule has 5 aromatic rings. The molecule has 0 spiro atoms. The highest BCUT2D eigenvalue weighted by Crippen LogP contribution is 2.37. The van der Waals surface area contributed by atoms with Crippen LogP contribution in [0.2, 0.25) is 0 Å². The normalized spacial score (nSPS) is 11.6. The molecule has 188 valence electrons. The second kappa shape index (κ2) is 11.6. The lowest BCUT2D eigenvalue weighted by Crippen LogP contribution is -2.19. The summed E-state index contributed by atoms with van der Waals surface area (Å²) in [5.74, 6) is -1.10. The minimum absolute atomic E-state index is 0.108. The van der Waals surface area contributed by atoms with Crippen LogP contribution in [0, 0.1) is 5.82 Å². The van der Waals surface area contributed by atoms with Gasteiger partial charge in [-0.2, -0.15) is 0 Å². The summed E-state index contributed by atoms with van der Waals surface area (Å²) in [7, 11) is 0. The number of thioether (sulfide) groups is 1. The van der Waals surface area contributed by atoms with Crippen molar-refractivity contribution >= 4 is 61.7 Å². The van der Waals surface area contributed by atoms with Gasteiger partial charge in [0.25, 0.3) is 5.91 Å². The summed E-state index contributed by atoms with van der Waals surface area (Å²) in [4.78, 5) is 27.1. The molecule has 1 unspecified atom stereocenters. The third kappa shape index (κ3) is 6.13. The van der Waals surface area contributed by atoms with Crippen molar-refractivity contribution in [1.29, 1.82) is 0 Å². The van der Waals surface area contributed by atoms with E-state index in [0.29, 0.717) is 15.7 Å². The molecule has 0 aliphatic rings. The first kappa shape index (κ1) is 25.7. The molecule has 0 heterocycles. The summed E-state index contributed by atoms with van der Waals surface area (Å²) in [6.45, 7) is 0. The minimum Gasteiger partial charge on any atom is -0.322 e. The van der Waals surface area contributed by atoms with Gasteiger partial charge in [-0.25, -0.2) is 4.39 Å². The maximum Gasteiger partial charge on any atom is 0.255 e. The molecule has 0 saturated carbocycles. The maximum atomic E-state index is 14.4. The fourth-order valence-corrected chi connectivity index (χ4v) is 5.42.